The number of benzene rings is 1. The molecule has 0 aliphatic carbocycles. The summed E-state index contributed by atoms with van der Waals surface area (Å²) < 4.78 is 0. The van der Waals surface area contributed by atoms with Gasteiger partial charge in [-0.1, -0.05) is 26.0 Å². The summed E-state index contributed by atoms with van der Waals surface area (Å²) in [5.74, 6) is -3.45. The molecule has 0 fully saturated rings. The molecule has 4 atom stereocenters. The van der Waals surface area contributed by atoms with Crippen LogP contribution in [-0.2, 0) is 32.0 Å². The number of carboxylic acid groups (broad SMARTS) is 1. The number of aliphatic hydroxyl groups is 1. The Morgan fingerprint density at radius 1 is 0.946 bits per heavy atom. The Balaban J connectivity index is 2.18. The van der Waals surface area contributed by atoms with Crippen LogP contribution < -0.4 is 21.7 Å². The van der Waals surface area contributed by atoms with Crippen LogP contribution in [0.3, 0.4) is 0 Å². The number of phenolic OH excluding ortho intramolecular Hbond substituents is 1. The number of aromatic hydroxyl groups is 1. The van der Waals surface area contributed by atoms with E-state index in [1.807, 2.05) is 13.8 Å². The van der Waals surface area contributed by atoms with E-state index in [0.717, 1.165) is 0 Å². The van der Waals surface area contributed by atoms with Crippen molar-refractivity contribution in [1.29, 1.82) is 0 Å². The number of carboxylic acids is 1. The highest BCUT2D eigenvalue weighted by Crippen LogP contribution is 2.12. The summed E-state index contributed by atoms with van der Waals surface area (Å²) in [4.78, 5) is 56.8. The van der Waals surface area contributed by atoms with E-state index in [1.165, 1.54) is 36.8 Å². The number of hydrogen-bond acceptors (Lipinski definition) is 8. The fraction of sp³-hybridized carbons (Fsp3) is 0.458. The Hall–Kier alpha value is -3.97. The first-order chi connectivity index (χ1) is 17.5. The Morgan fingerprint density at radius 2 is 1.54 bits per heavy atom. The van der Waals surface area contributed by atoms with Crippen LogP contribution in [0.15, 0.2) is 36.8 Å². The molecule has 4 unspecified atom stereocenters. The SMILES string of the molecule is CC(C)CC(N)C(=O)NC(CO)C(=O)NC(Cc1ccc(O)cc1)C(=O)NC(Cc1cnc[nH]1)C(=O)O. The van der Waals surface area contributed by atoms with Gasteiger partial charge in [0, 0.05) is 24.7 Å². The van der Waals surface area contributed by atoms with Crippen molar-refractivity contribution in [2.75, 3.05) is 6.61 Å². The van der Waals surface area contributed by atoms with E-state index < -0.39 is 54.5 Å². The standard InChI is InChI=1S/C24H34N6O7/c1-13(2)7-17(25)21(33)30-20(11-31)23(35)28-18(8-14-3-5-16(32)6-4-14)22(34)29-19(24(36)37)9-15-10-26-12-27-15/h3-6,10,12-13,17-20,31-32H,7-9,11,25H2,1-2H3,(H,26,27)(H,28,35)(H,29,34)(H,30,33)(H,36,37). The number of carbonyl (C=O) groups excluding carboxylic acids is 3. The van der Waals surface area contributed by atoms with Gasteiger partial charge in [0.25, 0.3) is 0 Å². The normalized spacial score (nSPS) is 14.3. The van der Waals surface area contributed by atoms with Gasteiger partial charge >= 0.3 is 5.97 Å². The summed E-state index contributed by atoms with van der Waals surface area (Å²) >= 11 is 0. The smallest absolute Gasteiger partial charge is 0.326 e. The second kappa shape index (κ2) is 13.9. The van der Waals surface area contributed by atoms with Crippen LogP contribution in [0.2, 0.25) is 0 Å². The van der Waals surface area contributed by atoms with Crippen LogP contribution in [0, 0.1) is 5.92 Å². The average Bonchev–Trinajstić information content (AvgIpc) is 3.35. The van der Waals surface area contributed by atoms with Crippen molar-refractivity contribution < 1.29 is 34.5 Å². The molecule has 13 heteroatoms. The number of carbonyl (C=O) groups is 4. The predicted molar refractivity (Wildman–Crippen MR) is 132 cm³/mol. The molecule has 0 radical (unpaired) electrons. The lowest BCUT2D eigenvalue weighted by atomic mass is 10.0. The van der Waals surface area contributed by atoms with Gasteiger partial charge in [-0.25, -0.2) is 9.78 Å². The summed E-state index contributed by atoms with van der Waals surface area (Å²) in [6, 6.07) is 1.01. The van der Waals surface area contributed by atoms with Gasteiger partial charge in [-0.3, -0.25) is 14.4 Å². The van der Waals surface area contributed by atoms with E-state index >= 15 is 0 Å². The Morgan fingerprint density at radius 3 is 2.08 bits per heavy atom. The summed E-state index contributed by atoms with van der Waals surface area (Å²) in [5, 5.41) is 36.1. The molecule has 0 saturated carbocycles. The Kier molecular flexibility index (Phi) is 11.0. The molecule has 13 nitrogen and oxygen atoms in total. The summed E-state index contributed by atoms with van der Waals surface area (Å²) in [7, 11) is 0. The maximum Gasteiger partial charge on any atom is 0.326 e. The number of imidazole rings is 1. The summed E-state index contributed by atoms with van der Waals surface area (Å²) in [6.07, 6.45) is 3.03. The zero-order chi connectivity index (χ0) is 27.5. The van der Waals surface area contributed by atoms with Gasteiger partial charge in [-0.05, 0) is 30.0 Å². The average molecular weight is 519 g/mol. The van der Waals surface area contributed by atoms with Crippen molar-refractivity contribution in [2.45, 2.75) is 57.3 Å². The molecule has 0 bridgehead atoms. The molecule has 1 heterocycles. The summed E-state index contributed by atoms with van der Waals surface area (Å²) in [6.45, 7) is 3.01. The van der Waals surface area contributed by atoms with Crippen LogP contribution in [-0.4, -0.2) is 79.8 Å². The van der Waals surface area contributed by atoms with Gasteiger partial charge in [0.2, 0.25) is 17.7 Å². The van der Waals surface area contributed by atoms with Crippen molar-refractivity contribution in [1.82, 2.24) is 25.9 Å². The third kappa shape index (κ3) is 9.54. The molecule has 0 spiro atoms. The molecular weight excluding hydrogens is 484 g/mol. The lowest BCUT2D eigenvalue weighted by molar-refractivity contribution is -0.142. The summed E-state index contributed by atoms with van der Waals surface area (Å²) in [5.41, 5.74) is 6.89. The topological polar surface area (TPSA) is 220 Å². The number of H-pyrrole nitrogens is 1. The van der Waals surface area contributed by atoms with Crippen LogP contribution in [0.1, 0.15) is 31.5 Å². The van der Waals surface area contributed by atoms with E-state index in [9.17, 15) is 34.5 Å². The van der Waals surface area contributed by atoms with Gasteiger partial charge in [0.05, 0.1) is 19.0 Å². The number of aromatic amines is 1. The van der Waals surface area contributed by atoms with E-state index in [4.69, 9.17) is 5.73 Å². The number of nitrogens with one attached hydrogen (secondary N) is 4. The monoisotopic (exact) mass is 518 g/mol. The number of aliphatic carboxylic acids is 1. The quantitative estimate of drug-likeness (QED) is 0.150. The molecular formula is C24H34N6O7. The number of rotatable bonds is 14. The fourth-order valence-electron chi connectivity index (χ4n) is 3.53. The minimum atomic E-state index is -1.39. The number of amides is 3. The molecule has 0 aliphatic heterocycles. The largest absolute Gasteiger partial charge is 0.508 e. The number of aromatic nitrogens is 2. The number of nitrogens with zero attached hydrogens (tertiary/aromatic N) is 1. The predicted octanol–water partition coefficient (Wildman–Crippen LogP) is -1.19. The molecule has 3 amide bonds. The zero-order valence-electron chi connectivity index (χ0n) is 20.7. The van der Waals surface area contributed by atoms with Crippen molar-refractivity contribution in [3.63, 3.8) is 0 Å². The molecule has 37 heavy (non-hydrogen) atoms. The van der Waals surface area contributed by atoms with Crippen LogP contribution in [0.25, 0.3) is 0 Å². The highest BCUT2D eigenvalue weighted by Gasteiger charge is 2.30. The van der Waals surface area contributed by atoms with Gasteiger partial charge < -0.3 is 42.0 Å². The minimum Gasteiger partial charge on any atom is -0.508 e. The van der Waals surface area contributed by atoms with Crippen LogP contribution in [0.4, 0.5) is 0 Å². The van der Waals surface area contributed by atoms with E-state index in [0.29, 0.717) is 17.7 Å². The molecule has 1 aromatic carbocycles. The second-order valence-electron chi connectivity index (χ2n) is 9.09. The van der Waals surface area contributed by atoms with Crippen molar-refractivity contribution in [2.24, 2.45) is 11.7 Å². The fourth-order valence-corrected chi connectivity index (χ4v) is 3.53. The third-order valence-electron chi connectivity index (χ3n) is 5.48. The maximum absolute atomic E-state index is 13.1. The third-order valence-corrected chi connectivity index (χ3v) is 5.48. The van der Waals surface area contributed by atoms with Crippen molar-refractivity contribution >= 4 is 23.7 Å². The Bertz CT molecular complexity index is 1040. The lowest BCUT2D eigenvalue weighted by Gasteiger charge is -2.24. The number of hydrogen-bond donors (Lipinski definition) is 8. The van der Waals surface area contributed by atoms with Gasteiger partial charge in [-0.15, -0.1) is 0 Å². The molecule has 1 aromatic heterocycles. The Labute approximate surface area is 213 Å². The lowest BCUT2D eigenvalue weighted by Crippen LogP contribution is -2.58. The van der Waals surface area contributed by atoms with E-state index in [2.05, 4.69) is 25.9 Å². The van der Waals surface area contributed by atoms with Crippen LogP contribution in [0.5, 0.6) is 5.75 Å². The van der Waals surface area contributed by atoms with Gasteiger partial charge in [0.1, 0.15) is 23.9 Å². The van der Waals surface area contributed by atoms with E-state index in [1.54, 1.807) is 0 Å². The number of nitrogens with two attached hydrogens (primary N) is 1. The van der Waals surface area contributed by atoms with Gasteiger partial charge in [0.15, 0.2) is 0 Å². The first-order valence-electron chi connectivity index (χ1n) is 11.8. The van der Waals surface area contributed by atoms with Crippen molar-refractivity contribution in [3.8, 4) is 5.75 Å². The van der Waals surface area contributed by atoms with Crippen LogP contribution >= 0.6 is 0 Å². The first kappa shape index (κ1) is 29.3. The molecule has 2 aromatic rings. The molecule has 0 aliphatic rings. The highest BCUT2D eigenvalue weighted by molar-refractivity contribution is 5.94. The number of aliphatic hydroxyl groups excluding tert-OH is 1. The zero-order valence-corrected chi connectivity index (χ0v) is 20.7. The molecule has 202 valence electrons. The molecule has 0 saturated heterocycles. The highest BCUT2D eigenvalue weighted by atomic mass is 16.4. The van der Waals surface area contributed by atoms with Gasteiger partial charge in [-0.2, -0.15) is 0 Å². The number of phenols is 1. The minimum absolute atomic E-state index is 0.0000731. The second-order valence-corrected chi connectivity index (χ2v) is 9.09. The van der Waals surface area contributed by atoms with Crippen molar-refractivity contribution in [3.05, 3.63) is 48.0 Å². The van der Waals surface area contributed by atoms with E-state index in [-0.39, 0.29) is 24.5 Å². The molecule has 2 rings (SSSR count). The first-order valence-corrected chi connectivity index (χ1v) is 11.8. The molecule has 9 N–H and O–H groups in total. The maximum atomic E-state index is 13.1.